The largest absolute Gasteiger partial charge is 0.272 e. The Morgan fingerprint density at radius 3 is 1.93 bits per heavy atom. The van der Waals surface area contributed by atoms with Gasteiger partial charge in [-0.25, -0.2) is 23.4 Å². The Bertz CT molecular complexity index is 907. The lowest BCUT2D eigenvalue weighted by Crippen LogP contribution is -1.97. The maximum atomic E-state index is 12.5. The zero-order valence-corrected chi connectivity index (χ0v) is 17.7. The van der Waals surface area contributed by atoms with Crippen LogP contribution in [0.4, 0.5) is 13.2 Å². The Hall–Kier alpha value is -2.03. The molecule has 0 unspecified atom stereocenters. The van der Waals surface area contributed by atoms with Gasteiger partial charge in [-0.2, -0.15) is 14.6 Å². The van der Waals surface area contributed by atoms with Gasteiger partial charge in [-0.05, 0) is 81.6 Å². The average Bonchev–Trinajstić information content (AvgIpc) is 3.30. The first-order valence-electron chi connectivity index (χ1n) is 7.19. The van der Waals surface area contributed by atoms with Crippen molar-refractivity contribution in [3.05, 3.63) is 86.2 Å². The summed E-state index contributed by atoms with van der Waals surface area (Å²) in [4.78, 5) is 6.92. The molecule has 27 heavy (non-hydrogen) atoms. The molecule has 4 aromatic rings. The maximum Gasteiger partial charge on any atom is 0.212 e. The van der Waals surface area contributed by atoms with E-state index in [0.29, 0.717) is 5.82 Å². The molecule has 1 N–H and O–H groups in total. The van der Waals surface area contributed by atoms with E-state index < -0.39 is 11.8 Å². The number of pyridine rings is 2. The Kier molecular flexibility index (Phi) is 8.63. The molecule has 140 valence electrons. The van der Waals surface area contributed by atoms with Crippen LogP contribution >= 0.6 is 45.2 Å². The van der Waals surface area contributed by atoms with Crippen LogP contribution < -0.4 is 0 Å². The number of nitrogens with one attached hydrogen (secondary N) is 1. The van der Waals surface area contributed by atoms with Crippen LogP contribution in [0.25, 0.3) is 5.82 Å². The van der Waals surface area contributed by atoms with Crippen LogP contribution in [-0.2, 0) is 0 Å². The third kappa shape index (κ3) is 8.03. The third-order valence-corrected chi connectivity index (χ3v) is 3.84. The van der Waals surface area contributed by atoms with Crippen molar-refractivity contribution in [2.45, 2.75) is 0 Å². The van der Waals surface area contributed by atoms with Gasteiger partial charge in [0.2, 0.25) is 5.95 Å². The Labute approximate surface area is 179 Å². The summed E-state index contributed by atoms with van der Waals surface area (Å²) in [5, 5.41) is 10.6. The van der Waals surface area contributed by atoms with Crippen molar-refractivity contribution >= 4 is 45.2 Å². The molecule has 4 rings (SSSR count). The van der Waals surface area contributed by atoms with Gasteiger partial charge in [0.1, 0.15) is 15.3 Å². The van der Waals surface area contributed by atoms with Crippen molar-refractivity contribution in [1.82, 2.24) is 29.9 Å². The highest BCUT2D eigenvalue weighted by Crippen LogP contribution is 2.06. The van der Waals surface area contributed by atoms with Gasteiger partial charge in [-0.1, -0.05) is 0 Å². The molecule has 0 aliphatic heterocycles. The quantitative estimate of drug-likeness (QED) is 0.261. The molecule has 11 heteroatoms. The molecule has 0 saturated carbocycles. The normalized spacial score (nSPS) is 9.67. The van der Waals surface area contributed by atoms with E-state index in [1.54, 1.807) is 23.1 Å². The van der Waals surface area contributed by atoms with E-state index >= 15 is 0 Å². The average molecular weight is 598 g/mol. The zero-order chi connectivity index (χ0) is 19.6. The van der Waals surface area contributed by atoms with Gasteiger partial charge in [0.25, 0.3) is 0 Å². The summed E-state index contributed by atoms with van der Waals surface area (Å²) in [6.07, 6.45) is 5.50. The summed E-state index contributed by atoms with van der Waals surface area (Å²) in [6, 6.07) is 8.68. The molecule has 6 nitrogen and oxygen atoms in total. The monoisotopic (exact) mass is 598 g/mol. The van der Waals surface area contributed by atoms with E-state index in [9.17, 15) is 13.2 Å². The molecular formula is C16H11F3I2N6. The number of hydrogen-bond acceptors (Lipinski definition) is 4. The summed E-state index contributed by atoms with van der Waals surface area (Å²) in [6.45, 7) is 0. The summed E-state index contributed by atoms with van der Waals surface area (Å²) < 4.78 is 39.7. The summed E-state index contributed by atoms with van der Waals surface area (Å²) in [5.74, 6) is -0.910. The summed E-state index contributed by atoms with van der Waals surface area (Å²) in [7, 11) is 0. The predicted molar refractivity (Wildman–Crippen MR) is 109 cm³/mol. The van der Waals surface area contributed by atoms with Gasteiger partial charge in [-0.3, -0.25) is 5.10 Å². The van der Waals surface area contributed by atoms with Crippen LogP contribution in [0, 0.1) is 25.0 Å². The van der Waals surface area contributed by atoms with Crippen LogP contribution in [0.2, 0.25) is 0 Å². The Morgan fingerprint density at radius 2 is 1.56 bits per heavy atom. The molecule has 0 aromatic carbocycles. The standard InChI is InChI=1S/C8H5FIN3.C5H3F2N.C3H3IN2/c9-6-1-2-8(11-5-6)13-4-3-7(10)12-13;6-4-1-2-5(7)8-3-4;4-3-1-2-5-6-3/h1-5H;1-3H;1-2H,(H,5,6). The first-order chi connectivity index (χ1) is 12.9. The van der Waals surface area contributed by atoms with Crippen molar-refractivity contribution in [2.24, 2.45) is 0 Å². The number of halogens is 5. The fraction of sp³-hybridized carbons (Fsp3) is 0. The molecule has 0 saturated heterocycles. The minimum atomic E-state index is -0.661. The van der Waals surface area contributed by atoms with Gasteiger partial charge in [0.05, 0.1) is 16.1 Å². The molecule has 0 bridgehead atoms. The van der Waals surface area contributed by atoms with Crippen LogP contribution in [-0.4, -0.2) is 29.9 Å². The highest BCUT2D eigenvalue weighted by atomic mass is 127. The second-order valence-electron chi connectivity index (χ2n) is 4.62. The van der Waals surface area contributed by atoms with E-state index in [4.69, 9.17) is 0 Å². The second kappa shape index (κ2) is 11.0. The molecule has 0 amide bonds. The zero-order valence-electron chi connectivity index (χ0n) is 13.4. The topological polar surface area (TPSA) is 72.3 Å². The summed E-state index contributed by atoms with van der Waals surface area (Å²) >= 11 is 4.26. The third-order valence-electron chi connectivity index (χ3n) is 2.66. The van der Waals surface area contributed by atoms with Crippen molar-refractivity contribution in [2.75, 3.05) is 0 Å². The summed E-state index contributed by atoms with van der Waals surface area (Å²) in [5.41, 5.74) is 0. The second-order valence-corrected chi connectivity index (χ2v) is 6.89. The fourth-order valence-electron chi connectivity index (χ4n) is 1.53. The molecule has 0 atom stereocenters. The molecule has 0 aliphatic carbocycles. The number of nitrogens with zero attached hydrogens (tertiary/aromatic N) is 5. The number of aromatic nitrogens is 6. The number of rotatable bonds is 1. The molecule has 0 fully saturated rings. The SMILES string of the molecule is Fc1ccc(-n2ccc(I)n2)nc1.Fc1ccc(F)nc1.Ic1ccn[nH]1. The van der Waals surface area contributed by atoms with Crippen molar-refractivity contribution in [3.63, 3.8) is 0 Å². The minimum Gasteiger partial charge on any atom is -0.272 e. The van der Waals surface area contributed by atoms with Crippen LogP contribution in [0.1, 0.15) is 0 Å². The van der Waals surface area contributed by atoms with Crippen LogP contribution in [0.15, 0.2) is 61.2 Å². The predicted octanol–water partition coefficient (Wildman–Crippen LogP) is 4.39. The highest BCUT2D eigenvalue weighted by molar-refractivity contribution is 14.1. The minimum absolute atomic E-state index is 0.342. The number of aromatic amines is 1. The first kappa shape index (κ1) is 21.3. The fourth-order valence-corrected chi connectivity index (χ4v) is 2.22. The van der Waals surface area contributed by atoms with Gasteiger partial charge in [0.15, 0.2) is 5.82 Å². The molecule has 0 radical (unpaired) electrons. The maximum absolute atomic E-state index is 12.5. The molecule has 4 aromatic heterocycles. The number of hydrogen-bond donors (Lipinski definition) is 1. The van der Waals surface area contributed by atoms with Gasteiger partial charge in [-0.15, -0.1) is 0 Å². The molecule has 0 aliphatic rings. The van der Waals surface area contributed by atoms with E-state index in [1.165, 1.54) is 12.3 Å². The Balaban J connectivity index is 0.000000159. The lowest BCUT2D eigenvalue weighted by molar-refractivity contribution is 0.560. The molecular weight excluding hydrogens is 587 g/mol. The van der Waals surface area contributed by atoms with Gasteiger partial charge < -0.3 is 0 Å². The van der Waals surface area contributed by atoms with Crippen molar-refractivity contribution in [3.8, 4) is 5.82 Å². The van der Waals surface area contributed by atoms with Crippen molar-refractivity contribution in [1.29, 1.82) is 0 Å². The van der Waals surface area contributed by atoms with Gasteiger partial charge >= 0.3 is 0 Å². The van der Waals surface area contributed by atoms with E-state index in [2.05, 4.69) is 70.4 Å². The van der Waals surface area contributed by atoms with Crippen molar-refractivity contribution < 1.29 is 13.2 Å². The first-order valence-corrected chi connectivity index (χ1v) is 9.35. The van der Waals surface area contributed by atoms with Gasteiger partial charge in [0, 0.05) is 12.4 Å². The molecule has 0 spiro atoms. The van der Waals surface area contributed by atoms with Crippen LogP contribution in [0.5, 0.6) is 0 Å². The van der Waals surface area contributed by atoms with E-state index in [1.807, 2.05) is 12.1 Å². The van der Waals surface area contributed by atoms with E-state index in [-0.39, 0.29) is 5.82 Å². The van der Waals surface area contributed by atoms with E-state index in [0.717, 1.165) is 25.7 Å². The lowest BCUT2D eigenvalue weighted by Gasteiger charge is -1.97. The molecule has 4 heterocycles. The smallest absolute Gasteiger partial charge is 0.212 e. The van der Waals surface area contributed by atoms with Crippen LogP contribution in [0.3, 0.4) is 0 Å². The lowest BCUT2D eigenvalue weighted by atomic mass is 10.4. The highest BCUT2D eigenvalue weighted by Gasteiger charge is 1.99. The Morgan fingerprint density at radius 1 is 0.852 bits per heavy atom. The number of H-pyrrole nitrogens is 1.